The van der Waals surface area contributed by atoms with Gasteiger partial charge in [-0.25, -0.2) is 0 Å². The van der Waals surface area contributed by atoms with E-state index in [1.165, 1.54) is 25.0 Å². The average molecular weight is 410 g/mol. The molecule has 0 spiro atoms. The smallest absolute Gasteiger partial charge is 0.372 e. The van der Waals surface area contributed by atoms with Gasteiger partial charge in [0.05, 0.1) is 5.56 Å². The summed E-state index contributed by atoms with van der Waals surface area (Å²) in [6.45, 7) is 2.13. The van der Waals surface area contributed by atoms with E-state index in [0.717, 1.165) is 42.2 Å². The van der Waals surface area contributed by atoms with E-state index in [-0.39, 0.29) is 5.91 Å². The molecule has 4 rings (SSSR count). The van der Waals surface area contributed by atoms with Crippen molar-refractivity contribution in [2.24, 2.45) is 0 Å². The molecule has 1 fully saturated rings. The molecule has 3 aromatic carbocycles. The zero-order valence-corrected chi connectivity index (χ0v) is 16.2. The van der Waals surface area contributed by atoms with Crippen molar-refractivity contribution in [3.05, 3.63) is 83.9 Å². The number of halogens is 3. The van der Waals surface area contributed by atoms with E-state index in [1.807, 2.05) is 24.3 Å². The molecule has 3 nitrogen and oxygen atoms in total. The lowest BCUT2D eigenvalue weighted by Crippen LogP contribution is -2.17. The molecule has 1 heterocycles. The van der Waals surface area contributed by atoms with Gasteiger partial charge in [-0.05, 0) is 72.5 Å². The third kappa shape index (κ3) is 4.48. The number of anilines is 2. The van der Waals surface area contributed by atoms with Gasteiger partial charge in [0.1, 0.15) is 0 Å². The van der Waals surface area contributed by atoms with Crippen LogP contribution in [0.4, 0.5) is 24.5 Å². The number of amides is 1. The predicted molar refractivity (Wildman–Crippen MR) is 113 cm³/mol. The Balaban J connectivity index is 1.41. The van der Waals surface area contributed by atoms with Gasteiger partial charge in [0.25, 0.3) is 5.91 Å². The van der Waals surface area contributed by atoms with Crippen LogP contribution < -0.4 is 10.2 Å². The van der Waals surface area contributed by atoms with E-state index in [9.17, 15) is 18.0 Å². The molecule has 154 valence electrons. The molecule has 30 heavy (non-hydrogen) atoms. The van der Waals surface area contributed by atoms with Crippen molar-refractivity contribution >= 4 is 17.3 Å². The lowest BCUT2D eigenvalue weighted by molar-refractivity contribution is -0.137. The Labute approximate surface area is 173 Å². The molecule has 3 aromatic rings. The lowest BCUT2D eigenvalue weighted by Gasteiger charge is -2.17. The van der Waals surface area contributed by atoms with Gasteiger partial charge in [-0.15, -0.1) is 0 Å². The van der Waals surface area contributed by atoms with Crippen LogP contribution in [0.5, 0.6) is 0 Å². The van der Waals surface area contributed by atoms with Crippen molar-refractivity contribution in [3.63, 3.8) is 0 Å². The standard InChI is InChI=1S/C24H21F3N2O/c25-24(26,27)20-9-7-18(8-10-20)17-3-5-19(6-4-17)23(30)28-21-11-13-22(14-12-21)29-15-1-2-16-29/h3-14H,1-2,15-16H2,(H,28,30). The largest absolute Gasteiger partial charge is 0.416 e. The minimum Gasteiger partial charge on any atom is -0.372 e. The maximum Gasteiger partial charge on any atom is 0.416 e. The van der Waals surface area contributed by atoms with E-state index < -0.39 is 11.7 Å². The predicted octanol–water partition coefficient (Wildman–Crippen LogP) is 6.22. The third-order valence-corrected chi connectivity index (χ3v) is 5.29. The molecule has 0 bridgehead atoms. The van der Waals surface area contributed by atoms with Gasteiger partial charge in [0.2, 0.25) is 0 Å². The summed E-state index contributed by atoms with van der Waals surface area (Å²) in [5.74, 6) is -0.233. The fourth-order valence-electron chi connectivity index (χ4n) is 3.60. The SMILES string of the molecule is O=C(Nc1ccc(N2CCCC2)cc1)c1ccc(-c2ccc(C(F)(F)F)cc2)cc1. The van der Waals surface area contributed by atoms with Crippen LogP contribution in [0.3, 0.4) is 0 Å². The van der Waals surface area contributed by atoms with E-state index in [4.69, 9.17) is 0 Å². The summed E-state index contributed by atoms with van der Waals surface area (Å²) >= 11 is 0. The molecule has 1 aliphatic heterocycles. The Morgan fingerprint density at radius 3 is 1.83 bits per heavy atom. The van der Waals surface area contributed by atoms with Crippen molar-refractivity contribution in [2.45, 2.75) is 19.0 Å². The summed E-state index contributed by atoms with van der Waals surface area (Å²) in [5, 5.41) is 2.88. The molecule has 0 radical (unpaired) electrons. The van der Waals surface area contributed by atoms with Gasteiger partial charge in [-0.3, -0.25) is 4.79 Å². The van der Waals surface area contributed by atoms with Gasteiger partial charge in [-0.2, -0.15) is 13.2 Å². The van der Waals surface area contributed by atoms with Gasteiger partial charge >= 0.3 is 6.18 Å². The number of hydrogen-bond acceptors (Lipinski definition) is 2. The topological polar surface area (TPSA) is 32.3 Å². The molecule has 0 aliphatic carbocycles. The molecule has 1 N–H and O–H groups in total. The van der Waals surface area contributed by atoms with Crippen LogP contribution in [-0.4, -0.2) is 19.0 Å². The van der Waals surface area contributed by atoms with Gasteiger partial charge in [-0.1, -0.05) is 24.3 Å². The Bertz CT molecular complexity index is 1000. The summed E-state index contributed by atoms with van der Waals surface area (Å²) in [5.41, 5.74) is 3.08. The first kappa shape index (κ1) is 20.0. The van der Waals surface area contributed by atoms with E-state index in [0.29, 0.717) is 11.1 Å². The van der Waals surface area contributed by atoms with Crippen molar-refractivity contribution in [2.75, 3.05) is 23.3 Å². The summed E-state index contributed by atoms with van der Waals surface area (Å²) in [6, 6.07) is 19.6. The van der Waals surface area contributed by atoms with Crippen molar-refractivity contribution in [3.8, 4) is 11.1 Å². The Morgan fingerprint density at radius 1 is 0.767 bits per heavy atom. The number of rotatable bonds is 4. The number of hydrogen-bond donors (Lipinski definition) is 1. The number of benzene rings is 3. The van der Waals surface area contributed by atoms with Crippen LogP contribution in [0, 0.1) is 0 Å². The van der Waals surface area contributed by atoms with E-state index in [2.05, 4.69) is 10.2 Å². The third-order valence-electron chi connectivity index (χ3n) is 5.29. The maximum atomic E-state index is 12.7. The number of carbonyl (C=O) groups is 1. The average Bonchev–Trinajstić information content (AvgIpc) is 3.29. The highest BCUT2D eigenvalue weighted by atomic mass is 19.4. The molecule has 1 aliphatic rings. The maximum absolute atomic E-state index is 12.7. The Kier molecular flexibility index (Phi) is 5.48. The first-order valence-electron chi connectivity index (χ1n) is 9.84. The van der Waals surface area contributed by atoms with Crippen LogP contribution in [0.25, 0.3) is 11.1 Å². The highest BCUT2D eigenvalue weighted by molar-refractivity contribution is 6.04. The molecule has 1 saturated heterocycles. The van der Waals surface area contributed by atoms with E-state index in [1.54, 1.807) is 24.3 Å². The number of carbonyl (C=O) groups excluding carboxylic acids is 1. The number of nitrogens with zero attached hydrogens (tertiary/aromatic N) is 1. The highest BCUT2D eigenvalue weighted by Gasteiger charge is 2.29. The van der Waals surface area contributed by atoms with Crippen molar-refractivity contribution < 1.29 is 18.0 Å². The van der Waals surface area contributed by atoms with Crippen molar-refractivity contribution in [1.82, 2.24) is 0 Å². The molecule has 0 saturated carbocycles. The first-order valence-corrected chi connectivity index (χ1v) is 9.84. The molecule has 0 unspecified atom stereocenters. The second kappa shape index (κ2) is 8.22. The summed E-state index contributed by atoms with van der Waals surface area (Å²) in [6.07, 6.45) is -1.94. The molecular formula is C24H21F3N2O. The minimum atomic E-state index is -4.35. The van der Waals surface area contributed by atoms with Crippen LogP contribution in [0.1, 0.15) is 28.8 Å². The quantitative estimate of drug-likeness (QED) is 0.553. The first-order chi connectivity index (χ1) is 14.4. The number of alkyl halides is 3. The van der Waals surface area contributed by atoms with E-state index >= 15 is 0 Å². The Hall–Kier alpha value is -3.28. The van der Waals surface area contributed by atoms with Crippen LogP contribution in [-0.2, 0) is 6.18 Å². The Morgan fingerprint density at radius 2 is 1.30 bits per heavy atom. The molecule has 6 heteroatoms. The zero-order valence-electron chi connectivity index (χ0n) is 16.2. The fourth-order valence-corrected chi connectivity index (χ4v) is 3.60. The number of nitrogens with one attached hydrogen (secondary N) is 1. The molecule has 1 amide bonds. The minimum absolute atomic E-state index is 0.233. The molecular weight excluding hydrogens is 389 g/mol. The van der Waals surface area contributed by atoms with Crippen molar-refractivity contribution in [1.29, 1.82) is 0 Å². The van der Waals surface area contributed by atoms with Crippen LogP contribution >= 0.6 is 0 Å². The lowest BCUT2D eigenvalue weighted by atomic mass is 10.0. The summed E-state index contributed by atoms with van der Waals surface area (Å²) in [4.78, 5) is 14.8. The fraction of sp³-hybridized carbons (Fsp3) is 0.208. The highest BCUT2D eigenvalue weighted by Crippen LogP contribution is 2.31. The second-order valence-corrected chi connectivity index (χ2v) is 7.35. The van der Waals surface area contributed by atoms with Gasteiger partial charge in [0, 0.05) is 30.0 Å². The normalized spacial score (nSPS) is 14.0. The molecule has 0 aromatic heterocycles. The summed E-state index contributed by atoms with van der Waals surface area (Å²) < 4.78 is 38.1. The molecule has 0 atom stereocenters. The monoisotopic (exact) mass is 410 g/mol. The van der Waals surface area contributed by atoms with Gasteiger partial charge in [0.15, 0.2) is 0 Å². The summed E-state index contributed by atoms with van der Waals surface area (Å²) in [7, 11) is 0. The zero-order chi connectivity index (χ0) is 21.1. The second-order valence-electron chi connectivity index (χ2n) is 7.35. The van der Waals surface area contributed by atoms with Crippen LogP contribution in [0.2, 0.25) is 0 Å². The van der Waals surface area contributed by atoms with Crippen LogP contribution in [0.15, 0.2) is 72.8 Å². The van der Waals surface area contributed by atoms with Gasteiger partial charge < -0.3 is 10.2 Å².